The first-order chi connectivity index (χ1) is 12.5. The molecule has 2 heterocycles. The fraction of sp³-hybridized carbons (Fsp3) is 0.667. The van der Waals surface area contributed by atoms with Gasteiger partial charge in [0.05, 0.1) is 11.6 Å². The molecule has 1 aromatic rings. The Morgan fingerprint density at radius 3 is 2.74 bits per heavy atom. The smallest absolute Gasteiger partial charge is 0.444 e. The standard InChI is InChI=1S/C21H32BNO4/c1-15-14-21(5,6)27-22(26-15)17-10-7-9-16(13-17)18-11-8-12-23(18)19(24)25-20(2,3)4/h7,9-10,13,15,18H,8,11-12,14H2,1-6H3/t15-,18-/m0/s1. The summed E-state index contributed by atoms with van der Waals surface area (Å²) < 4.78 is 17.8. The lowest BCUT2D eigenvalue weighted by Crippen LogP contribution is -2.51. The van der Waals surface area contributed by atoms with Gasteiger partial charge in [-0.1, -0.05) is 24.3 Å². The predicted octanol–water partition coefficient (Wildman–Crippen LogP) is 4.06. The first kappa shape index (κ1) is 20.2. The number of benzene rings is 1. The molecule has 6 heteroatoms. The van der Waals surface area contributed by atoms with Crippen LogP contribution in [-0.2, 0) is 14.0 Å². The lowest BCUT2D eigenvalue weighted by molar-refractivity contribution is -0.0229. The number of hydrogen-bond acceptors (Lipinski definition) is 4. The largest absolute Gasteiger partial charge is 0.494 e. The monoisotopic (exact) mass is 373 g/mol. The van der Waals surface area contributed by atoms with Gasteiger partial charge in [0.25, 0.3) is 0 Å². The van der Waals surface area contributed by atoms with Crippen molar-refractivity contribution in [1.29, 1.82) is 0 Å². The van der Waals surface area contributed by atoms with Crippen molar-refractivity contribution in [3.8, 4) is 0 Å². The molecule has 0 radical (unpaired) electrons. The maximum Gasteiger partial charge on any atom is 0.494 e. The number of likely N-dealkylation sites (tertiary alicyclic amines) is 1. The molecule has 1 aromatic carbocycles. The highest BCUT2D eigenvalue weighted by molar-refractivity contribution is 6.61. The summed E-state index contributed by atoms with van der Waals surface area (Å²) in [7, 11) is -0.375. The molecule has 2 atom stereocenters. The third kappa shape index (κ3) is 5.05. The minimum Gasteiger partial charge on any atom is -0.444 e. The Balaban J connectivity index is 1.79. The molecule has 0 unspecified atom stereocenters. The third-order valence-electron chi connectivity index (χ3n) is 5.01. The van der Waals surface area contributed by atoms with E-state index in [1.807, 2.05) is 37.8 Å². The fourth-order valence-corrected chi connectivity index (χ4v) is 4.03. The van der Waals surface area contributed by atoms with Crippen LogP contribution in [-0.4, -0.2) is 42.0 Å². The topological polar surface area (TPSA) is 48.0 Å². The van der Waals surface area contributed by atoms with Crippen molar-refractivity contribution in [3.63, 3.8) is 0 Å². The highest BCUT2D eigenvalue weighted by atomic mass is 16.6. The lowest BCUT2D eigenvalue weighted by Gasteiger charge is -2.38. The van der Waals surface area contributed by atoms with Crippen LogP contribution in [0, 0.1) is 0 Å². The number of carbonyl (C=O) groups is 1. The molecular weight excluding hydrogens is 341 g/mol. The average Bonchev–Trinajstić information content (AvgIpc) is 3.01. The zero-order valence-corrected chi connectivity index (χ0v) is 17.5. The van der Waals surface area contributed by atoms with Gasteiger partial charge >= 0.3 is 13.2 Å². The van der Waals surface area contributed by atoms with E-state index in [0.717, 1.165) is 36.8 Å². The molecule has 0 spiro atoms. The van der Waals surface area contributed by atoms with Gasteiger partial charge < -0.3 is 18.9 Å². The molecule has 0 N–H and O–H groups in total. The Morgan fingerprint density at radius 1 is 1.33 bits per heavy atom. The molecule has 27 heavy (non-hydrogen) atoms. The molecule has 1 amide bonds. The van der Waals surface area contributed by atoms with Crippen LogP contribution in [0.25, 0.3) is 0 Å². The second-order valence-electron chi connectivity index (χ2n) is 9.36. The quantitative estimate of drug-likeness (QED) is 0.734. The van der Waals surface area contributed by atoms with Gasteiger partial charge in [0.2, 0.25) is 0 Å². The van der Waals surface area contributed by atoms with E-state index in [1.165, 1.54) is 0 Å². The van der Waals surface area contributed by atoms with Crippen molar-refractivity contribution in [2.75, 3.05) is 6.54 Å². The fourth-order valence-electron chi connectivity index (χ4n) is 4.03. The number of carbonyl (C=O) groups excluding carboxylic acids is 1. The molecule has 0 saturated carbocycles. The minimum atomic E-state index is -0.489. The van der Waals surface area contributed by atoms with Crippen LogP contribution >= 0.6 is 0 Å². The molecule has 3 rings (SSSR count). The highest BCUT2D eigenvalue weighted by Crippen LogP contribution is 2.33. The molecule has 148 valence electrons. The van der Waals surface area contributed by atoms with Gasteiger partial charge in [0.15, 0.2) is 0 Å². The van der Waals surface area contributed by atoms with Gasteiger partial charge in [0.1, 0.15) is 5.60 Å². The molecule has 2 saturated heterocycles. The molecule has 2 fully saturated rings. The van der Waals surface area contributed by atoms with Crippen LogP contribution in [0.4, 0.5) is 4.79 Å². The van der Waals surface area contributed by atoms with Crippen molar-refractivity contribution in [2.45, 2.75) is 84.2 Å². The highest BCUT2D eigenvalue weighted by Gasteiger charge is 2.39. The number of amides is 1. The first-order valence-electron chi connectivity index (χ1n) is 9.97. The Hall–Kier alpha value is -1.53. The summed E-state index contributed by atoms with van der Waals surface area (Å²) in [5, 5.41) is 0. The average molecular weight is 373 g/mol. The number of hydrogen-bond donors (Lipinski definition) is 0. The molecule has 2 aliphatic heterocycles. The molecule has 0 bridgehead atoms. The van der Waals surface area contributed by atoms with Crippen molar-refractivity contribution in [2.24, 2.45) is 0 Å². The Kier molecular flexibility index (Phi) is 5.60. The minimum absolute atomic E-state index is 0.0359. The first-order valence-corrected chi connectivity index (χ1v) is 9.97. The second-order valence-corrected chi connectivity index (χ2v) is 9.36. The van der Waals surface area contributed by atoms with Gasteiger partial charge in [-0.15, -0.1) is 0 Å². The van der Waals surface area contributed by atoms with Crippen LogP contribution in [0.5, 0.6) is 0 Å². The maximum atomic E-state index is 12.6. The number of nitrogens with zero attached hydrogens (tertiary/aromatic N) is 1. The van der Waals surface area contributed by atoms with E-state index in [-0.39, 0.29) is 31.0 Å². The Labute approximate surface area is 163 Å². The van der Waals surface area contributed by atoms with E-state index >= 15 is 0 Å². The van der Waals surface area contributed by atoms with E-state index in [4.69, 9.17) is 14.0 Å². The van der Waals surface area contributed by atoms with Crippen LogP contribution in [0.3, 0.4) is 0 Å². The van der Waals surface area contributed by atoms with Crippen molar-refractivity contribution < 1.29 is 18.8 Å². The van der Waals surface area contributed by atoms with Crippen molar-refractivity contribution >= 4 is 18.7 Å². The Morgan fingerprint density at radius 2 is 2.07 bits per heavy atom. The van der Waals surface area contributed by atoms with E-state index in [9.17, 15) is 4.79 Å². The molecule has 0 aliphatic carbocycles. The maximum absolute atomic E-state index is 12.6. The normalized spacial score (nSPS) is 25.6. The van der Waals surface area contributed by atoms with Crippen LogP contribution in [0.2, 0.25) is 0 Å². The summed E-state index contributed by atoms with van der Waals surface area (Å²) in [6.07, 6.45) is 2.70. The Bertz CT molecular complexity index is 685. The van der Waals surface area contributed by atoms with Gasteiger partial charge in [-0.05, 0) is 71.8 Å². The summed E-state index contributed by atoms with van der Waals surface area (Å²) in [6.45, 7) is 12.7. The lowest BCUT2D eigenvalue weighted by atomic mass is 9.74. The van der Waals surface area contributed by atoms with Crippen LogP contribution in [0.1, 0.15) is 72.4 Å². The summed E-state index contributed by atoms with van der Waals surface area (Å²) in [6, 6.07) is 8.29. The SMILES string of the molecule is C[C@H]1CC(C)(C)OB(c2cccc([C@@H]3CCCN3C(=O)OC(C)(C)C)c2)O1. The number of rotatable bonds is 2. The second kappa shape index (κ2) is 7.48. The zero-order chi connectivity index (χ0) is 19.8. The van der Waals surface area contributed by atoms with E-state index in [0.29, 0.717) is 0 Å². The number of ether oxygens (including phenoxy) is 1. The van der Waals surface area contributed by atoms with Crippen LogP contribution in [0.15, 0.2) is 24.3 Å². The summed E-state index contributed by atoms with van der Waals surface area (Å²) in [4.78, 5) is 14.5. The predicted molar refractivity (Wildman–Crippen MR) is 107 cm³/mol. The van der Waals surface area contributed by atoms with Gasteiger partial charge in [-0.3, -0.25) is 0 Å². The summed E-state index contributed by atoms with van der Waals surface area (Å²) >= 11 is 0. The van der Waals surface area contributed by atoms with Crippen molar-refractivity contribution in [3.05, 3.63) is 29.8 Å². The van der Waals surface area contributed by atoms with E-state index in [2.05, 4.69) is 32.9 Å². The van der Waals surface area contributed by atoms with Gasteiger partial charge in [-0.2, -0.15) is 0 Å². The van der Waals surface area contributed by atoms with Gasteiger partial charge in [0, 0.05) is 12.6 Å². The molecular formula is C21H32BNO4. The van der Waals surface area contributed by atoms with Crippen molar-refractivity contribution in [1.82, 2.24) is 4.90 Å². The molecule has 5 nitrogen and oxygen atoms in total. The van der Waals surface area contributed by atoms with Crippen LogP contribution < -0.4 is 5.46 Å². The summed E-state index contributed by atoms with van der Waals surface area (Å²) in [5.41, 5.74) is 1.41. The van der Waals surface area contributed by atoms with E-state index in [1.54, 1.807) is 0 Å². The van der Waals surface area contributed by atoms with Gasteiger partial charge in [-0.25, -0.2) is 4.79 Å². The molecule has 2 aliphatic rings. The summed E-state index contributed by atoms with van der Waals surface area (Å²) in [5.74, 6) is 0. The molecule has 0 aromatic heterocycles. The van der Waals surface area contributed by atoms with E-state index < -0.39 is 5.60 Å². The zero-order valence-electron chi connectivity index (χ0n) is 17.5. The third-order valence-corrected chi connectivity index (χ3v) is 5.01.